The second kappa shape index (κ2) is 4.36. The third kappa shape index (κ3) is 2.15. The number of nitrogen functional groups attached to an aromatic ring is 1. The van der Waals surface area contributed by atoms with Crippen LogP contribution in [0.25, 0.3) is 4.98 Å². The van der Waals surface area contributed by atoms with Gasteiger partial charge < -0.3 is 18.1 Å². The number of benzene rings is 1. The summed E-state index contributed by atoms with van der Waals surface area (Å²) in [7, 11) is 0. The monoisotopic (exact) mass is 223 g/mol. The van der Waals surface area contributed by atoms with Crippen LogP contribution in [0.5, 0.6) is 0 Å². The van der Waals surface area contributed by atoms with Gasteiger partial charge in [0, 0.05) is 0 Å². The molecule has 0 atom stereocenters. The summed E-state index contributed by atoms with van der Waals surface area (Å²) in [6.07, 6.45) is 0. The first-order valence-electron chi connectivity index (χ1n) is 2.74. The molecule has 1 rings (SSSR count). The number of hydrogen-bond acceptors (Lipinski definition) is 2. The van der Waals surface area contributed by atoms with E-state index in [1.165, 1.54) is 12.1 Å². The highest BCUT2D eigenvalue weighted by molar-refractivity contribution is 6.39. The Morgan fingerprint density at radius 1 is 1.25 bits per heavy atom. The second-order valence-corrected chi connectivity index (χ2v) is 2.74. The van der Waals surface area contributed by atoms with E-state index < -0.39 is 0 Å². The van der Waals surface area contributed by atoms with E-state index in [2.05, 4.69) is 4.98 Å². The van der Waals surface area contributed by atoms with Gasteiger partial charge in [-0.2, -0.15) is 0 Å². The molecule has 1 aromatic rings. The van der Waals surface area contributed by atoms with Crippen molar-refractivity contribution < 1.29 is 12.4 Å². The molecule has 0 amide bonds. The summed E-state index contributed by atoms with van der Waals surface area (Å²) in [5.74, 6) is 0. The highest BCUT2D eigenvalue weighted by Crippen LogP contribution is 2.32. The zero-order valence-corrected chi connectivity index (χ0v) is 8.03. The fourth-order valence-corrected chi connectivity index (χ4v) is 1.10. The fraction of sp³-hybridized carbons (Fsp3) is 0. The molecule has 0 saturated carbocycles. The van der Waals surface area contributed by atoms with Gasteiger partial charge in [0.2, 0.25) is 5.39 Å². The van der Waals surface area contributed by atoms with E-state index in [4.69, 9.17) is 34.3 Å². The fourth-order valence-electron chi connectivity index (χ4n) is 0.629. The zero-order chi connectivity index (χ0) is 8.43. The molecule has 12 heavy (non-hydrogen) atoms. The van der Waals surface area contributed by atoms with E-state index in [9.17, 15) is 0 Å². The molecule has 2 N–H and O–H groups in total. The van der Waals surface area contributed by atoms with Gasteiger partial charge in [-0.05, 0) is 0 Å². The Bertz CT molecular complexity index is 308. The maximum absolute atomic E-state index is 8.34. The van der Waals surface area contributed by atoms with Crippen LogP contribution in [0.15, 0.2) is 12.1 Å². The predicted molar refractivity (Wildman–Crippen MR) is 45.6 cm³/mol. The number of nitrogens with two attached hydrogens (primary N) is 1. The lowest BCUT2D eigenvalue weighted by atomic mass is 10.3. The Labute approximate surface area is 85.5 Å². The number of rotatable bonds is 0. The smallest absolute Gasteiger partial charge is 0.388 e. The average molecular weight is 224 g/mol. The van der Waals surface area contributed by atoms with Gasteiger partial charge >= 0.3 is 5.69 Å². The first kappa shape index (κ1) is 11.3. The highest BCUT2D eigenvalue weighted by atomic mass is 35.5. The van der Waals surface area contributed by atoms with Gasteiger partial charge in [0.05, 0.1) is 27.9 Å². The van der Waals surface area contributed by atoms with Gasteiger partial charge in [-0.1, -0.05) is 23.2 Å². The Hall–Kier alpha value is -0.690. The molecular weight excluding hydrogens is 220 g/mol. The normalized spacial score (nSPS) is 8.42. The molecule has 64 valence electrons. The topological polar surface area (TPSA) is 54.2 Å². The van der Waals surface area contributed by atoms with Crippen molar-refractivity contribution in [1.82, 2.24) is 0 Å². The minimum absolute atomic E-state index is 0. The quantitative estimate of drug-likeness (QED) is 0.501. The molecule has 0 radical (unpaired) electrons. The van der Waals surface area contributed by atoms with Crippen LogP contribution in [0.1, 0.15) is 0 Å². The first-order valence-corrected chi connectivity index (χ1v) is 3.50. The van der Waals surface area contributed by atoms with Crippen LogP contribution in [0.2, 0.25) is 10.0 Å². The predicted octanol–water partition coefficient (Wildman–Crippen LogP) is 0.0642. The van der Waals surface area contributed by atoms with Crippen LogP contribution < -0.4 is 18.1 Å². The second-order valence-electron chi connectivity index (χ2n) is 1.92. The van der Waals surface area contributed by atoms with E-state index in [0.29, 0.717) is 5.69 Å². The molecule has 0 unspecified atom stereocenters. The van der Waals surface area contributed by atoms with Crippen LogP contribution in [0.3, 0.4) is 0 Å². The van der Waals surface area contributed by atoms with E-state index in [1.54, 1.807) is 0 Å². The largest absolute Gasteiger partial charge is 1.00 e. The van der Waals surface area contributed by atoms with Crippen molar-refractivity contribution in [1.29, 1.82) is 5.39 Å². The Balaban J connectivity index is 0.00000121. The van der Waals surface area contributed by atoms with Crippen LogP contribution in [0, 0.1) is 5.39 Å². The molecule has 1 aromatic carbocycles. The molecular formula is C6H4Cl3N3. The summed E-state index contributed by atoms with van der Waals surface area (Å²) < 4.78 is 0. The molecule has 6 heteroatoms. The molecule has 0 heterocycles. The molecule has 0 fully saturated rings. The van der Waals surface area contributed by atoms with E-state index in [-0.39, 0.29) is 28.1 Å². The molecule has 0 aliphatic carbocycles. The molecule has 0 saturated heterocycles. The standard InChI is InChI=1S/C6H4Cl2N3.ClH/c7-4-1-3(11-10)2-5(8)6(4)9;/h1-2H,9H2;1H/q+1;/p-1. The van der Waals surface area contributed by atoms with Crippen molar-refractivity contribution in [3.05, 3.63) is 27.2 Å². The number of anilines is 1. The van der Waals surface area contributed by atoms with Gasteiger partial charge in [0.15, 0.2) is 4.98 Å². The zero-order valence-electron chi connectivity index (χ0n) is 5.76. The SMILES string of the molecule is N#[N+]c1cc(Cl)c(N)c(Cl)c1.[Cl-]. The van der Waals surface area contributed by atoms with E-state index >= 15 is 0 Å². The maximum atomic E-state index is 8.34. The average Bonchev–Trinajstić information content (AvgIpc) is 1.99. The number of hydrogen-bond donors (Lipinski definition) is 1. The molecule has 0 aliphatic heterocycles. The van der Waals surface area contributed by atoms with Crippen molar-refractivity contribution >= 4 is 34.6 Å². The minimum Gasteiger partial charge on any atom is -1.00 e. The van der Waals surface area contributed by atoms with Crippen molar-refractivity contribution in [3.8, 4) is 0 Å². The van der Waals surface area contributed by atoms with Gasteiger partial charge in [-0.3, -0.25) is 0 Å². The Morgan fingerprint density at radius 2 is 1.67 bits per heavy atom. The van der Waals surface area contributed by atoms with Gasteiger partial charge in [-0.25, -0.2) is 0 Å². The summed E-state index contributed by atoms with van der Waals surface area (Å²) in [5, 5.41) is 8.91. The van der Waals surface area contributed by atoms with Crippen molar-refractivity contribution in [3.63, 3.8) is 0 Å². The summed E-state index contributed by atoms with van der Waals surface area (Å²) in [6.45, 7) is 0. The third-order valence-electron chi connectivity index (χ3n) is 1.18. The highest BCUT2D eigenvalue weighted by Gasteiger charge is 2.11. The Morgan fingerprint density at radius 3 is 2.00 bits per heavy atom. The summed E-state index contributed by atoms with van der Waals surface area (Å²) >= 11 is 11.2. The number of halogens is 3. The van der Waals surface area contributed by atoms with Crippen LogP contribution in [-0.4, -0.2) is 0 Å². The van der Waals surface area contributed by atoms with Crippen molar-refractivity contribution in [2.45, 2.75) is 0 Å². The summed E-state index contributed by atoms with van der Waals surface area (Å²) in [6, 6.07) is 2.84. The lowest BCUT2D eigenvalue weighted by Crippen LogP contribution is -3.00. The lowest BCUT2D eigenvalue weighted by molar-refractivity contribution is -0.00000230. The lowest BCUT2D eigenvalue weighted by Gasteiger charge is -1.95. The van der Waals surface area contributed by atoms with Gasteiger partial charge in [-0.15, -0.1) is 0 Å². The third-order valence-corrected chi connectivity index (χ3v) is 1.80. The van der Waals surface area contributed by atoms with Crippen LogP contribution in [-0.2, 0) is 0 Å². The molecule has 0 bridgehead atoms. The van der Waals surface area contributed by atoms with Crippen LogP contribution >= 0.6 is 23.2 Å². The van der Waals surface area contributed by atoms with Crippen molar-refractivity contribution in [2.24, 2.45) is 0 Å². The summed E-state index contributed by atoms with van der Waals surface area (Å²) in [5.41, 5.74) is 6.00. The number of diazo groups is 1. The maximum Gasteiger partial charge on any atom is 0.388 e. The summed E-state index contributed by atoms with van der Waals surface area (Å²) in [4.78, 5) is 2.91. The molecule has 0 aromatic heterocycles. The number of nitrogens with zero attached hydrogens (tertiary/aromatic N) is 2. The Kier molecular flexibility index (Phi) is 4.11. The van der Waals surface area contributed by atoms with Crippen molar-refractivity contribution in [2.75, 3.05) is 5.73 Å². The molecule has 3 nitrogen and oxygen atoms in total. The molecule has 0 spiro atoms. The van der Waals surface area contributed by atoms with Crippen LogP contribution in [0.4, 0.5) is 11.4 Å². The first-order chi connectivity index (χ1) is 5.15. The van der Waals surface area contributed by atoms with Gasteiger partial charge in [0.1, 0.15) is 0 Å². The minimum atomic E-state index is 0. The van der Waals surface area contributed by atoms with E-state index in [1.807, 2.05) is 0 Å². The van der Waals surface area contributed by atoms with E-state index in [0.717, 1.165) is 0 Å². The van der Waals surface area contributed by atoms with Gasteiger partial charge in [0.25, 0.3) is 0 Å². The molecule has 0 aliphatic rings.